The van der Waals surface area contributed by atoms with Gasteiger partial charge in [-0.15, -0.1) is 0 Å². The van der Waals surface area contributed by atoms with Crippen LogP contribution in [0.15, 0.2) is 205 Å². The number of allylic oxidation sites excluding steroid dienone is 2. The second-order valence-corrected chi connectivity index (χ2v) is 15.8. The first-order chi connectivity index (χ1) is 28.3. The number of amidine groups is 1. The summed E-state index contributed by atoms with van der Waals surface area (Å²) in [6.45, 7) is 0. The Morgan fingerprint density at radius 1 is 0.421 bits per heavy atom. The van der Waals surface area contributed by atoms with E-state index in [9.17, 15) is 0 Å². The van der Waals surface area contributed by atoms with Gasteiger partial charge >= 0.3 is 0 Å². The average molecular weight is 723 g/mol. The summed E-state index contributed by atoms with van der Waals surface area (Å²) in [5, 5.41) is 14.1. The van der Waals surface area contributed by atoms with Gasteiger partial charge in [0, 0.05) is 16.7 Å². The van der Waals surface area contributed by atoms with Crippen LogP contribution in [0.2, 0.25) is 0 Å². The monoisotopic (exact) mass is 722 g/mol. The molecule has 0 saturated heterocycles. The highest BCUT2D eigenvalue weighted by Gasteiger charge is 2.52. The van der Waals surface area contributed by atoms with Gasteiger partial charge in [-0.25, -0.2) is 4.99 Å². The molecule has 264 valence electrons. The minimum absolute atomic E-state index is 0.0192. The predicted molar refractivity (Wildman–Crippen MR) is 238 cm³/mol. The summed E-state index contributed by atoms with van der Waals surface area (Å²) in [6.07, 6.45) is 8.72. The number of fused-ring (bicyclic) bond motifs is 18. The molecular weight excluding hydrogens is 689 g/mol. The summed E-state index contributed by atoms with van der Waals surface area (Å²) >= 11 is 0. The van der Waals surface area contributed by atoms with Crippen molar-refractivity contribution in [3.63, 3.8) is 0 Å². The van der Waals surface area contributed by atoms with Crippen molar-refractivity contribution in [2.24, 2.45) is 4.99 Å². The lowest BCUT2D eigenvalue weighted by Crippen LogP contribution is -2.39. The Morgan fingerprint density at radius 2 is 1.00 bits per heavy atom. The maximum Gasteiger partial charge on any atom is 0.134 e. The summed E-state index contributed by atoms with van der Waals surface area (Å²) in [4.78, 5) is 5.50. The average Bonchev–Trinajstić information content (AvgIpc) is 3.74. The molecule has 3 aliphatic carbocycles. The molecule has 0 amide bonds. The van der Waals surface area contributed by atoms with E-state index in [4.69, 9.17) is 4.99 Å². The van der Waals surface area contributed by atoms with Crippen molar-refractivity contribution in [3.05, 3.63) is 233 Å². The lowest BCUT2D eigenvalue weighted by molar-refractivity contribution is 0.793. The second-order valence-electron chi connectivity index (χ2n) is 15.8. The van der Waals surface area contributed by atoms with Gasteiger partial charge in [-0.05, 0) is 112 Å². The molecule has 1 N–H and O–H groups in total. The highest BCUT2D eigenvalue weighted by atomic mass is 15.1. The highest BCUT2D eigenvalue weighted by Crippen LogP contribution is 2.63. The van der Waals surface area contributed by atoms with Crippen molar-refractivity contribution in [1.82, 2.24) is 5.32 Å². The Balaban J connectivity index is 1.08. The molecular formula is C55H34N2. The van der Waals surface area contributed by atoms with E-state index in [1.807, 2.05) is 0 Å². The van der Waals surface area contributed by atoms with Gasteiger partial charge in [0.25, 0.3) is 0 Å². The first kappa shape index (κ1) is 31.0. The van der Waals surface area contributed by atoms with Crippen LogP contribution >= 0.6 is 0 Å². The minimum Gasteiger partial charge on any atom is -0.359 e. The van der Waals surface area contributed by atoms with Crippen LogP contribution in [0.25, 0.3) is 71.0 Å². The van der Waals surface area contributed by atoms with Gasteiger partial charge in [-0.2, -0.15) is 0 Å². The summed E-state index contributed by atoms with van der Waals surface area (Å²) < 4.78 is 0. The molecule has 2 heteroatoms. The molecule has 13 rings (SSSR count). The van der Waals surface area contributed by atoms with Crippen molar-refractivity contribution >= 4 is 54.6 Å². The molecule has 0 radical (unpaired) electrons. The molecule has 9 aromatic carbocycles. The molecule has 0 fully saturated rings. The number of aliphatic imine (C=N–C) groups is 1. The Kier molecular flexibility index (Phi) is 6.18. The third-order valence-electron chi connectivity index (χ3n) is 13.1. The fourth-order valence-corrected chi connectivity index (χ4v) is 10.6. The maximum absolute atomic E-state index is 5.50. The summed E-state index contributed by atoms with van der Waals surface area (Å²) in [6, 6.07) is 63.5. The predicted octanol–water partition coefficient (Wildman–Crippen LogP) is 12.9. The summed E-state index contributed by atoms with van der Waals surface area (Å²) in [7, 11) is 0. The van der Waals surface area contributed by atoms with E-state index in [1.165, 1.54) is 93.2 Å². The molecule has 1 aliphatic heterocycles. The van der Waals surface area contributed by atoms with Gasteiger partial charge in [0.05, 0.1) is 17.2 Å². The van der Waals surface area contributed by atoms with Crippen LogP contribution in [0.5, 0.6) is 0 Å². The van der Waals surface area contributed by atoms with Gasteiger partial charge in [0.1, 0.15) is 5.84 Å². The smallest absolute Gasteiger partial charge is 0.134 e. The molecule has 1 spiro atoms. The Hall–Kier alpha value is -7.29. The number of hydrogen-bond acceptors (Lipinski definition) is 2. The fourth-order valence-electron chi connectivity index (χ4n) is 10.6. The number of hydrogen-bond donors (Lipinski definition) is 1. The fraction of sp³-hybridized carbons (Fsp3) is 0.0364. The van der Waals surface area contributed by atoms with E-state index in [0.717, 1.165) is 22.7 Å². The van der Waals surface area contributed by atoms with Gasteiger partial charge in [-0.1, -0.05) is 170 Å². The van der Waals surface area contributed by atoms with Crippen LogP contribution in [0.4, 0.5) is 0 Å². The van der Waals surface area contributed by atoms with E-state index >= 15 is 0 Å². The zero-order chi connectivity index (χ0) is 37.2. The van der Waals surface area contributed by atoms with Gasteiger partial charge in [0.2, 0.25) is 0 Å². The maximum atomic E-state index is 5.50. The van der Waals surface area contributed by atoms with Crippen molar-refractivity contribution in [2.75, 3.05) is 0 Å². The second kappa shape index (κ2) is 11.4. The molecule has 2 nitrogen and oxygen atoms in total. The van der Waals surface area contributed by atoms with E-state index in [-0.39, 0.29) is 6.04 Å². The summed E-state index contributed by atoms with van der Waals surface area (Å²) in [5.41, 5.74) is 14.4. The van der Waals surface area contributed by atoms with Gasteiger partial charge in [-0.3, -0.25) is 0 Å². The lowest BCUT2D eigenvalue weighted by atomic mass is 9.70. The SMILES string of the molecule is C1=CC2=C(c3ccc4ccccc4c3)N=C(c3ccc4c(c3)C3(c5ccccc5-4)c4ccccc4-c4cc5c6ccccc6c6ccccc6c5cc43)NC2C=C1. The molecule has 0 bridgehead atoms. The molecule has 4 aliphatic rings. The van der Waals surface area contributed by atoms with E-state index in [0.29, 0.717) is 0 Å². The van der Waals surface area contributed by atoms with Crippen LogP contribution in [-0.4, -0.2) is 11.9 Å². The number of benzene rings is 9. The van der Waals surface area contributed by atoms with Crippen molar-refractivity contribution in [1.29, 1.82) is 0 Å². The first-order valence-corrected chi connectivity index (χ1v) is 19.9. The molecule has 0 aromatic heterocycles. The molecule has 2 unspecified atom stereocenters. The number of nitrogens with one attached hydrogen (secondary N) is 1. The Bertz CT molecular complexity index is 3390. The van der Waals surface area contributed by atoms with E-state index in [2.05, 4.69) is 199 Å². The van der Waals surface area contributed by atoms with Crippen molar-refractivity contribution in [2.45, 2.75) is 11.5 Å². The van der Waals surface area contributed by atoms with Crippen LogP contribution in [0.3, 0.4) is 0 Å². The lowest BCUT2D eigenvalue weighted by Gasteiger charge is -2.32. The Labute approximate surface area is 330 Å². The van der Waals surface area contributed by atoms with E-state index < -0.39 is 5.41 Å². The minimum atomic E-state index is -0.500. The standard InChI is InChI=1S/C55H34N2/c1-2-14-34-29-35(26-25-33(34)13-1)53-44-21-9-12-24-52(44)56-54(57-53)36-27-28-43-41-19-7-10-22-48(41)55(50(43)30-36)49-23-11-8-20-42(49)47-31-45-39-17-5-3-15-37(39)38-16-4-6-18-40(38)46(45)32-51(47)55/h1-32,52H,(H,56,57). The van der Waals surface area contributed by atoms with Crippen LogP contribution in [0, 0.1) is 0 Å². The zero-order valence-electron chi connectivity index (χ0n) is 31.0. The van der Waals surface area contributed by atoms with Gasteiger partial charge < -0.3 is 5.32 Å². The normalized spacial score (nSPS) is 18.5. The van der Waals surface area contributed by atoms with Crippen LogP contribution in [-0.2, 0) is 5.41 Å². The largest absolute Gasteiger partial charge is 0.359 e. The third-order valence-corrected chi connectivity index (χ3v) is 13.1. The molecule has 1 heterocycles. The van der Waals surface area contributed by atoms with Crippen molar-refractivity contribution < 1.29 is 0 Å². The molecule has 9 aromatic rings. The molecule has 0 saturated carbocycles. The zero-order valence-corrected chi connectivity index (χ0v) is 31.0. The summed E-state index contributed by atoms with van der Waals surface area (Å²) in [5.74, 6) is 0.892. The topological polar surface area (TPSA) is 24.4 Å². The van der Waals surface area contributed by atoms with Gasteiger partial charge in [0.15, 0.2) is 0 Å². The number of rotatable bonds is 2. The van der Waals surface area contributed by atoms with E-state index in [1.54, 1.807) is 0 Å². The molecule has 2 atom stereocenters. The van der Waals surface area contributed by atoms with Crippen molar-refractivity contribution in [3.8, 4) is 22.3 Å². The van der Waals surface area contributed by atoms with Crippen LogP contribution < -0.4 is 5.32 Å². The first-order valence-electron chi connectivity index (χ1n) is 19.9. The number of nitrogens with zero attached hydrogens (tertiary/aromatic N) is 1. The Morgan fingerprint density at radius 3 is 1.75 bits per heavy atom. The third kappa shape index (κ3) is 4.11. The quantitative estimate of drug-likeness (QED) is 0.177. The highest BCUT2D eigenvalue weighted by molar-refractivity contribution is 6.26. The molecule has 57 heavy (non-hydrogen) atoms. The van der Waals surface area contributed by atoms with Crippen LogP contribution in [0.1, 0.15) is 33.4 Å².